The highest BCUT2D eigenvalue weighted by Crippen LogP contribution is 2.41. The Morgan fingerprint density at radius 3 is 2.38 bits per heavy atom. The van der Waals surface area contributed by atoms with Crippen LogP contribution in [0.25, 0.3) is 0 Å². The van der Waals surface area contributed by atoms with Gasteiger partial charge in [-0.1, -0.05) is 40.2 Å². The molecule has 2 nitrogen and oxygen atoms in total. The van der Waals surface area contributed by atoms with E-state index < -0.39 is 0 Å². The van der Waals surface area contributed by atoms with Crippen molar-refractivity contribution in [3.05, 3.63) is 35.4 Å². The maximum Gasteiger partial charge on any atom is 0.293 e. The van der Waals surface area contributed by atoms with E-state index in [0.717, 1.165) is 36.6 Å². The first-order valence-corrected chi connectivity index (χ1v) is 6.70. The molecule has 1 fully saturated rings. The number of rotatable bonds is 4. The molecule has 1 saturated carbocycles. The molecule has 1 aliphatic carbocycles. The molecule has 86 valence electrons. The average molecular weight is 283 g/mol. The monoisotopic (exact) mass is 282 g/mol. The van der Waals surface area contributed by atoms with E-state index in [1.807, 2.05) is 0 Å². The molecule has 0 radical (unpaired) electrons. The molecule has 1 aromatic rings. The zero-order chi connectivity index (χ0) is 11.4. The van der Waals surface area contributed by atoms with Gasteiger partial charge in [0.05, 0.1) is 0 Å². The average Bonchev–Trinajstić information content (AvgIpc) is 2.80. The van der Waals surface area contributed by atoms with Crippen molar-refractivity contribution < 1.29 is 9.53 Å². The molecule has 1 aromatic carbocycles. The van der Waals surface area contributed by atoms with Crippen LogP contribution in [0.5, 0.6) is 0 Å². The van der Waals surface area contributed by atoms with E-state index in [1.165, 1.54) is 5.56 Å². The van der Waals surface area contributed by atoms with Crippen LogP contribution in [0.2, 0.25) is 0 Å². The highest BCUT2D eigenvalue weighted by atomic mass is 79.9. The lowest BCUT2D eigenvalue weighted by molar-refractivity contribution is -0.144. The fourth-order valence-electron chi connectivity index (χ4n) is 2.41. The summed E-state index contributed by atoms with van der Waals surface area (Å²) in [6.07, 6.45) is 4.15. The minimum absolute atomic E-state index is 0.355. The van der Waals surface area contributed by atoms with Gasteiger partial charge in [-0.15, -0.1) is 0 Å². The SMILES string of the molecule is O=COC1(c2ccc(CBr)cc2)CCCC1. The molecular formula is C13H15BrO2. The van der Waals surface area contributed by atoms with E-state index in [2.05, 4.69) is 40.2 Å². The number of halogens is 1. The second kappa shape index (κ2) is 5.00. The lowest BCUT2D eigenvalue weighted by Gasteiger charge is -2.27. The molecule has 0 heterocycles. The molecule has 0 spiro atoms. The fraction of sp³-hybridized carbons (Fsp3) is 0.462. The zero-order valence-corrected chi connectivity index (χ0v) is 10.7. The Balaban J connectivity index is 2.27. The van der Waals surface area contributed by atoms with Crippen LogP contribution < -0.4 is 0 Å². The molecule has 0 bridgehead atoms. The summed E-state index contributed by atoms with van der Waals surface area (Å²) in [7, 11) is 0. The first kappa shape index (κ1) is 11.6. The van der Waals surface area contributed by atoms with Gasteiger partial charge < -0.3 is 4.74 Å². The molecule has 2 rings (SSSR count). The van der Waals surface area contributed by atoms with Crippen molar-refractivity contribution in [2.75, 3.05) is 0 Å². The molecule has 0 amide bonds. The van der Waals surface area contributed by atoms with Gasteiger partial charge in [-0.25, -0.2) is 0 Å². The minimum Gasteiger partial charge on any atom is -0.456 e. The molecule has 0 atom stereocenters. The van der Waals surface area contributed by atoms with Gasteiger partial charge in [-0.2, -0.15) is 0 Å². The van der Waals surface area contributed by atoms with Crippen LogP contribution in [-0.4, -0.2) is 6.47 Å². The second-order valence-electron chi connectivity index (χ2n) is 4.25. The number of carbonyl (C=O) groups is 1. The zero-order valence-electron chi connectivity index (χ0n) is 9.12. The Bertz CT molecular complexity index is 353. The van der Waals surface area contributed by atoms with Crippen LogP contribution in [0.3, 0.4) is 0 Å². The normalized spacial score (nSPS) is 18.3. The van der Waals surface area contributed by atoms with E-state index in [4.69, 9.17) is 4.74 Å². The summed E-state index contributed by atoms with van der Waals surface area (Å²) >= 11 is 3.42. The number of hydrogen-bond donors (Lipinski definition) is 0. The predicted octanol–water partition coefficient (Wildman–Crippen LogP) is 3.52. The lowest BCUT2D eigenvalue weighted by atomic mass is 9.91. The number of carbonyl (C=O) groups excluding carboxylic acids is 1. The molecule has 0 N–H and O–H groups in total. The van der Waals surface area contributed by atoms with E-state index >= 15 is 0 Å². The van der Waals surface area contributed by atoms with E-state index in [1.54, 1.807) is 0 Å². The fourth-order valence-corrected chi connectivity index (χ4v) is 2.78. The standard InChI is InChI=1S/C13H15BrO2/c14-9-11-3-5-12(6-4-11)13(16-10-15)7-1-2-8-13/h3-6,10H,1-2,7-9H2. The van der Waals surface area contributed by atoms with Crippen molar-refractivity contribution in [2.45, 2.75) is 36.6 Å². The van der Waals surface area contributed by atoms with Gasteiger partial charge in [0, 0.05) is 5.33 Å². The van der Waals surface area contributed by atoms with Gasteiger partial charge in [-0.05, 0) is 36.8 Å². The third-order valence-corrected chi connectivity index (χ3v) is 3.97. The Morgan fingerprint density at radius 1 is 1.25 bits per heavy atom. The number of alkyl halides is 1. The maximum absolute atomic E-state index is 10.6. The van der Waals surface area contributed by atoms with E-state index in [-0.39, 0.29) is 5.60 Å². The van der Waals surface area contributed by atoms with Crippen molar-refractivity contribution >= 4 is 22.4 Å². The molecule has 0 aromatic heterocycles. The summed E-state index contributed by atoms with van der Waals surface area (Å²) in [5.41, 5.74) is 2.01. The summed E-state index contributed by atoms with van der Waals surface area (Å²) in [6, 6.07) is 8.31. The number of hydrogen-bond acceptors (Lipinski definition) is 2. The molecule has 1 aliphatic rings. The maximum atomic E-state index is 10.6. The molecule has 0 aliphatic heterocycles. The summed E-state index contributed by atoms with van der Waals surface area (Å²) < 4.78 is 5.36. The third-order valence-electron chi connectivity index (χ3n) is 3.32. The van der Waals surface area contributed by atoms with Crippen molar-refractivity contribution in [3.8, 4) is 0 Å². The van der Waals surface area contributed by atoms with Crippen LogP contribution in [-0.2, 0) is 20.5 Å². The van der Waals surface area contributed by atoms with Crippen LogP contribution >= 0.6 is 15.9 Å². The number of ether oxygens (including phenoxy) is 1. The van der Waals surface area contributed by atoms with Crippen LogP contribution in [0.4, 0.5) is 0 Å². The summed E-state index contributed by atoms with van der Waals surface area (Å²) in [5, 5.41) is 0.856. The quantitative estimate of drug-likeness (QED) is 0.624. The summed E-state index contributed by atoms with van der Waals surface area (Å²) in [6.45, 7) is 0.587. The first-order valence-electron chi connectivity index (χ1n) is 5.57. The van der Waals surface area contributed by atoms with Gasteiger partial charge >= 0.3 is 0 Å². The van der Waals surface area contributed by atoms with Crippen molar-refractivity contribution in [3.63, 3.8) is 0 Å². The van der Waals surface area contributed by atoms with Crippen LogP contribution in [0, 0.1) is 0 Å². The number of benzene rings is 1. The van der Waals surface area contributed by atoms with Crippen molar-refractivity contribution in [1.82, 2.24) is 0 Å². The Hall–Kier alpha value is -0.830. The van der Waals surface area contributed by atoms with E-state index in [0.29, 0.717) is 6.47 Å². The van der Waals surface area contributed by atoms with Gasteiger partial charge in [-0.3, -0.25) is 4.79 Å². The van der Waals surface area contributed by atoms with Crippen molar-refractivity contribution in [1.29, 1.82) is 0 Å². The van der Waals surface area contributed by atoms with Crippen LogP contribution in [0.15, 0.2) is 24.3 Å². The second-order valence-corrected chi connectivity index (χ2v) is 4.81. The molecule has 3 heteroatoms. The summed E-state index contributed by atoms with van der Waals surface area (Å²) in [5.74, 6) is 0. The summed E-state index contributed by atoms with van der Waals surface area (Å²) in [4.78, 5) is 10.6. The smallest absolute Gasteiger partial charge is 0.293 e. The molecule has 0 unspecified atom stereocenters. The van der Waals surface area contributed by atoms with Gasteiger partial charge in [0.25, 0.3) is 6.47 Å². The van der Waals surface area contributed by atoms with E-state index in [9.17, 15) is 4.79 Å². The Labute approximate surface area is 104 Å². The van der Waals surface area contributed by atoms with Gasteiger partial charge in [0.15, 0.2) is 0 Å². The minimum atomic E-state index is -0.355. The highest BCUT2D eigenvalue weighted by molar-refractivity contribution is 9.08. The first-order chi connectivity index (χ1) is 7.80. The van der Waals surface area contributed by atoms with Crippen LogP contribution in [0.1, 0.15) is 36.8 Å². The Kier molecular flexibility index (Phi) is 3.64. The lowest BCUT2D eigenvalue weighted by Crippen LogP contribution is -2.25. The predicted molar refractivity (Wildman–Crippen MR) is 66.4 cm³/mol. The van der Waals surface area contributed by atoms with Gasteiger partial charge in [0.1, 0.15) is 5.60 Å². The highest BCUT2D eigenvalue weighted by Gasteiger charge is 2.37. The molecular weight excluding hydrogens is 268 g/mol. The molecule has 16 heavy (non-hydrogen) atoms. The van der Waals surface area contributed by atoms with Crippen molar-refractivity contribution in [2.24, 2.45) is 0 Å². The Morgan fingerprint density at radius 2 is 1.88 bits per heavy atom. The molecule has 0 saturated heterocycles. The topological polar surface area (TPSA) is 26.3 Å². The largest absolute Gasteiger partial charge is 0.456 e. The van der Waals surface area contributed by atoms with Gasteiger partial charge in [0.2, 0.25) is 0 Å². The third kappa shape index (κ3) is 2.14.